The van der Waals surface area contributed by atoms with Gasteiger partial charge >= 0.3 is 5.97 Å². The van der Waals surface area contributed by atoms with Crippen LogP contribution in [0.4, 0.5) is 5.95 Å². The van der Waals surface area contributed by atoms with Gasteiger partial charge in [-0.15, -0.1) is 11.3 Å². The molecule has 7 nitrogen and oxygen atoms in total. The van der Waals surface area contributed by atoms with Gasteiger partial charge in [-0.05, 0) is 41.3 Å². The van der Waals surface area contributed by atoms with Gasteiger partial charge in [0, 0.05) is 10.6 Å². The highest BCUT2D eigenvalue weighted by Gasteiger charge is 2.36. The van der Waals surface area contributed by atoms with Crippen molar-refractivity contribution in [1.82, 2.24) is 20.2 Å². The Kier molecular flexibility index (Phi) is 3.76. The minimum Gasteiger partial charge on any atom is -0.458 e. The van der Waals surface area contributed by atoms with E-state index in [0.29, 0.717) is 17.2 Å². The maximum absolute atomic E-state index is 12.5. The van der Waals surface area contributed by atoms with Crippen LogP contribution >= 0.6 is 11.3 Å². The molecule has 0 saturated carbocycles. The van der Waals surface area contributed by atoms with Gasteiger partial charge in [-0.3, -0.25) is 0 Å². The highest BCUT2D eigenvalue weighted by molar-refractivity contribution is 7.10. The van der Waals surface area contributed by atoms with E-state index in [9.17, 15) is 4.79 Å². The van der Waals surface area contributed by atoms with E-state index in [4.69, 9.17) is 4.74 Å². The Bertz CT molecular complexity index is 761. The topological polar surface area (TPSA) is 81.9 Å². The van der Waals surface area contributed by atoms with Gasteiger partial charge in [0.15, 0.2) is 0 Å². The van der Waals surface area contributed by atoms with Gasteiger partial charge in [0.05, 0.1) is 5.57 Å². The minimum absolute atomic E-state index is 0.161. The summed E-state index contributed by atoms with van der Waals surface area (Å²) in [5, 5.41) is 16.7. The fraction of sp³-hybridized carbons (Fsp3) is 0.286. The Balaban J connectivity index is 2.10. The number of nitrogens with one attached hydrogen (secondary N) is 1. The predicted molar refractivity (Wildman–Crippen MR) is 82.5 cm³/mol. The lowest BCUT2D eigenvalue weighted by Crippen LogP contribution is -2.29. The molecule has 3 heterocycles. The third-order valence-electron chi connectivity index (χ3n) is 3.42. The first-order valence-electron chi connectivity index (χ1n) is 6.71. The molecular weight excluding hydrogens is 302 g/mol. The zero-order valence-electron chi connectivity index (χ0n) is 12.2. The molecule has 0 radical (unpaired) electrons. The van der Waals surface area contributed by atoms with Gasteiger partial charge in [-0.25, -0.2) is 4.79 Å². The monoisotopic (exact) mass is 317 g/mol. The fourth-order valence-electron chi connectivity index (χ4n) is 2.40. The molecular formula is C14H15N5O2S. The molecule has 3 rings (SSSR count). The first-order valence-corrected chi connectivity index (χ1v) is 7.59. The van der Waals surface area contributed by atoms with E-state index in [1.165, 1.54) is 6.08 Å². The number of carbonyl (C=O) groups excluding carboxylic acids is 1. The smallest absolute Gasteiger partial charge is 0.338 e. The molecule has 1 aliphatic heterocycles. The van der Waals surface area contributed by atoms with Crippen LogP contribution in [0.2, 0.25) is 0 Å². The second-order valence-corrected chi connectivity index (χ2v) is 5.82. The van der Waals surface area contributed by atoms with Crippen molar-refractivity contribution in [3.05, 3.63) is 45.8 Å². The number of aromatic nitrogens is 4. The van der Waals surface area contributed by atoms with E-state index >= 15 is 0 Å². The number of anilines is 1. The Labute approximate surface area is 131 Å². The average Bonchev–Trinajstić information content (AvgIpc) is 3.11. The molecule has 2 aromatic rings. The number of thiophene rings is 1. The molecule has 1 N–H and O–H groups in total. The number of fused-ring (bicyclic) bond motifs is 1. The van der Waals surface area contributed by atoms with Crippen LogP contribution < -0.4 is 5.32 Å². The molecule has 0 aliphatic carbocycles. The molecule has 0 fully saturated rings. The summed E-state index contributed by atoms with van der Waals surface area (Å²) in [6.45, 7) is 7.54. The van der Waals surface area contributed by atoms with Gasteiger partial charge in [0.25, 0.3) is 0 Å². The van der Waals surface area contributed by atoms with E-state index in [1.54, 1.807) is 16.0 Å². The number of allylic oxidation sites excluding steroid dienone is 1. The van der Waals surface area contributed by atoms with Gasteiger partial charge in [0.1, 0.15) is 12.6 Å². The molecule has 1 atom stereocenters. The normalized spacial score (nSPS) is 16.9. The number of carbonyl (C=O) groups is 1. The van der Waals surface area contributed by atoms with Crippen LogP contribution in [0.1, 0.15) is 23.4 Å². The van der Waals surface area contributed by atoms with Crippen LogP contribution in [0, 0.1) is 6.92 Å². The molecule has 2 aromatic heterocycles. The first-order chi connectivity index (χ1) is 10.6. The van der Waals surface area contributed by atoms with E-state index in [-0.39, 0.29) is 12.6 Å². The zero-order chi connectivity index (χ0) is 15.7. The van der Waals surface area contributed by atoms with Crippen molar-refractivity contribution in [3.8, 4) is 0 Å². The van der Waals surface area contributed by atoms with Gasteiger partial charge in [-0.1, -0.05) is 17.8 Å². The van der Waals surface area contributed by atoms with Crippen LogP contribution in [0.5, 0.6) is 0 Å². The predicted octanol–water partition coefficient (Wildman–Crippen LogP) is 2.06. The average molecular weight is 317 g/mol. The van der Waals surface area contributed by atoms with Crippen LogP contribution in [0.15, 0.2) is 35.4 Å². The minimum atomic E-state index is -0.399. The summed E-state index contributed by atoms with van der Waals surface area (Å²) < 4.78 is 6.84. The van der Waals surface area contributed by atoms with E-state index in [0.717, 1.165) is 10.4 Å². The molecule has 0 amide bonds. The van der Waals surface area contributed by atoms with E-state index in [2.05, 4.69) is 27.4 Å². The van der Waals surface area contributed by atoms with Crippen molar-refractivity contribution in [3.63, 3.8) is 0 Å². The van der Waals surface area contributed by atoms with Crippen LogP contribution in [-0.4, -0.2) is 32.8 Å². The van der Waals surface area contributed by atoms with Crippen molar-refractivity contribution in [2.75, 3.05) is 11.9 Å². The van der Waals surface area contributed by atoms with E-state index in [1.807, 2.05) is 25.3 Å². The number of hydrogen-bond donors (Lipinski definition) is 1. The lowest BCUT2D eigenvalue weighted by molar-refractivity contribution is -0.138. The highest BCUT2D eigenvalue weighted by atomic mass is 32.1. The summed E-state index contributed by atoms with van der Waals surface area (Å²) in [6.07, 6.45) is 1.54. The number of tetrazole rings is 1. The highest BCUT2D eigenvalue weighted by Crippen LogP contribution is 2.38. The molecule has 1 unspecified atom stereocenters. The van der Waals surface area contributed by atoms with Crippen molar-refractivity contribution in [1.29, 1.82) is 0 Å². The van der Waals surface area contributed by atoms with Crippen molar-refractivity contribution < 1.29 is 9.53 Å². The second kappa shape index (κ2) is 5.72. The first kappa shape index (κ1) is 14.5. The SMILES string of the molecule is C=CCOC(=O)C1=C(C)Nc2nnnn2C1c1sccc1C. The quantitative estimate of drug-likeness (QED) is 0.686. The summed E-state index contributed by atoms with van der Waals surface area (Å²) in [7, 11) is 0. The summed E-state index contributed by atoms with van der Waals surface area (Å²) in [5.74, 6) is 0.111. The summed E-state index contributed by atoms with van der Waals surface area (Å²) in [4.78, 5) is 13.5. The van der Waals surface area contributed by atoms with Gasteiger partial charge in [-0.2, -0.15) is 4.68 Å². The molecule has 0 saturated heterocycles. The number of hydrogen-bond acceptors (Lipinski definition) is 7. The largest absolute Gasteiger partial charge is 0.458 e. The molecule has 1 aliphatic rings. The molecule has 0 bridgehead atoms. The van der Waals surface area contributed by atoms with Crippen LogP contribution in [0.3, 0.4) is 0 Å². The van der Waals surface area contributed by atoms with E-state index < -0.39 is 5.97 Å². The van der Waals surface area contributed by atoms with Crippen molar-refractivity contribution in [2.45, 2.75) is 19.9 Å². The fourth-order valence-corrected chi connectivity index (χ4v) is 3.42. The lowest BCUT2D eigenvalue weighted by atomic mass is 10.00. The summed E-state index contributed by atoms with van der Waals surface area (Å²) >= 11 is 1.56. The van der Waals surface area contributed by atoms with Gasteiger partial charge in [0.2, 0.25) is 5.95 Å². The molecule has 0 aromatic carbocycles. The lowest BCUT2D eigenvalue weighted by Gasteiger charge is -2.26. The Hall–Kier alpha value is -2.48. The van der Waals surface area contributed by atoms with Crippen molar-refractivity contribution in [2.24, 2.45) is 0 Å². The number of nitrogens with zero attached hydrogens (tertiary/aromatic N) is 4. The number of ether oxygens (including phenoxy) is 1. The molecule has 114 valence electrons. The number of esters is 1. The number of aryl methyl sites for hydroxylation is 1. The maximum atomic E-state index is 12.5. The maximum Gasteiger partial charge on any atom is 0.338 e. The Morgan fingerprint density at radius 1 is 1.59 bits per heavy atom. The molecule has 0 spiro atoms. The van der Waals surface area contributed by atoms with Crippen LogP contribution in [0.25, 0.3) is 0 Å². The summed E-state index contributed by atoms with van der Waals surface area (Å²) in [6, 6.07) is 1.62. The van der Waals surface area contributed by atoms with Gasteiger partial charge < -0.3 is 10.1 Å². The van der Waals surface area contributed by atoms with Crippen molar-refractivity contribution >= 4 is 23.3 Å². The molecule has 8 heteroatoms. The molecule has 22 heavy (non-hydrogen) atoms. The zero-order valence-corrected chi connectivity index (χ0v) is 13.1. The Morgan fingerprint density at radius 3 is 3.09 bits per heavy atom. The third-order valence-corrected chi connectivity index (χ3v) is 4.49. The Morgan fingerprint density at radius 2 is 2.41 bits per heavy atom. The standard InChI is InChI=1S/C14H15N5O2S/c1-4-6-21-13(20)10-9(3)15-14-16-17-18-19(14)11(10)12-8(2)5-7-22-12/h4-5,7,11H,1,6H2,2-3H3,(H,15,16,18). The number of rotatable bonds is 4. The van der Waals surface area contributed by atoms with Crippen LogP contribution in [-0.2, 0) is 9.53 Å². The summed E-state index contributed by atoms with van der Waals surface area (Å²) in [5.41, 5.74) is 2.28. The third kappa shape index (κ3) is 2.31. The second-order valence-electron chi connectivity index (χ2n) is 4.87.